The van der Waals surface area contributed by atoms with E-state index in [1.165, 1.54) is 31.2 Å². The SMILES string of the molecule is CC(=O)Nc1ccc(S(=O)(=O)CCC(=O)N2C(C)COCC2C)cc1. The summed E-state index contributed by atoms with van der Waals surface area (Å²) in [5, 5.41) is 2.58. The van der Waals surface area contributed by atoms with Crippen LogP contribution in [0.2, 0.25) is 0 Å². The van der Waals surface area contributed by atoms with Crippen LogP contribution in [0.25, 0.3) is 0 Å². The normalized spacial score (nSPS) is 21.0. The van der Waals surface area contributed by atoms with Crippen molar-refractivity contribution in [3.63, 3.8) is 0 Å². The standard InChI is InChI=1S/C17H24N2O5S/c1-12-10-24-11-13(2)19(12)17(21)8-9-25(22,23)16-6-4-15(5-7-16)18-14(3)20/h4-7,12-13H,8-11H2,1-3H3,(H,18,20). The summed E-state index contributed by atoms with van der Waals surface area (Å²) in [6.45, 7) is 6.09. The molecule has 7 nitrogen and oxygen atoms in total. The van der Waals surface area contributed by atoms with Gasteiger partial charge in [-0.1, -0.05) is 0 Å². The second-order valence-corrected chi connectivity index (χ2v) is 8.42. The van der Waals surface area contributed by atoms with E-state index in [1.807, 2.05) is 13.8 Å². The van der Waals surface area contributed by atoms with Crippen molar-refractivity contribution in [2.24, 2.45) is 0 Å². The lowest BCUT2D eigenvalue weighted by atomic mass is 10.1. The highest BCUT2D eigenvalue weighted by molar-refractivity contribution is 7.91. The molecule has 1 saturated heterocycles. The first-order chi connectivity index (χ1) is 11.7. The van der Waals surface area contributed by atoms with Gasteiger partial charge in [-0.2, -0.15) is 0 Å². The monoisotopic (exact) mass is 368 g/mol. The number of carbonyl (C=O) groups excluding carboxylic acids is 2. The van der Waals surface area contributed by atoms with Crippen LogP contribution in [0.1, 0.15) is 27.2 Å². The Kier molecular flexibility index (Phi) is 6.18. The molecule has 1 aliphatic heterocycles. The van der Waals surface area contributed by atoms with Crippen LogP contribution in [0.3, 0.4) is 0 Å². The number of nitrogens with one attached hydrogen (secondary N) is 1. The number of hydrogen-bond donors (Lipinski definition) is 1. The van der Waals surface area contributed by atoms with Crippen LogP contribution in [0, 0.1) is 0 Å². The van der Waals surface area contributed by atoms with E-state index in [2.05, 4.69) is 5.32 Å². The first-order valence-corrected chi connectivity index (χ1v) is 9.85. The number of rotatable bonds is 5. The minimum absolute atomic E-state index is 0.0594. The molecule has 8 heteroatoms. The molecular weight excluding hydrogens is 344 g/mol. The Morgan fingerprint density at radius 3 is 2.24 bits per heavy atom. The zero-order valence-corrected chi connectivity index (χ0v) is 15.5. The van der Waals surface area contributed by atoms with Crippen LogP contribution in [-0.4, -0.2) is 56.2 Å². The fourth-order valence-corrected chi connectivity index (χ4v) is 4.14. The second-order valence-electron chi connectivity index (χ2n) is 6.31. The number of nitrogens with zero attached hydrogens (tertiary/aromatic N) is 1. The smallest absolute Gasteiger partial charge is 0.224 e. The summed E-state index contributed by atoms with van der Waals surface area (Å²) < 4.78 is 30.3. The Balaban J connectivity index is 2.01. The number of hydrogen-bond acceptors (Lipinski definition) is 5. The third-order valence-electron chi connectivity index (χ3n) is 4.07. The van der Waals surface area contributed by atoms with Gasteiger partial charge in [0.1, 0.15) is 0 Å². The van der Waals surface area contributed by atoms with E-state index in [-0.39, 0.29) is 41.0 Å². The second kappa shape index (κ2) is 7.97. The highest BCUT2D eigenvalue weighted by Gasteiger charge is 2.30. The molecule has 0 aliphatic carbocycles. The third kappa shape index (κ3) is 5.02. The molecule has 0 spiro atoms. The van der Waals surface area contributed by atoms with Gasteiger partial charge in [0, 0.05) is 19.0 Å². The number of benzene rings is 1. The van der Waals surface area contributed by atoms with Crippen LogP contribution in [0.5, 0.6) is 0 Å². The Bertz CT molecular complexity index is 720. The van der Waals surface area contributed by atoms with Gasteiger partial charge in [0.2, 0.25) is 11.8 Å². The van der Waals surface area contributed by atoms with Crippen molar-refractivity contribution in [2.45, 2.75) is 44.2 Å². The summed E-state index contributed by atoms with van der Waals surface area (Å²) in [4.78, 5) is 25.3. The Hall–Kier alpha value is -1.93. The summed E-state index contributed by atoms with van der Waals surface area (Å²) in [7, 11) is -3.57. The number of carbonyl (C=O) groups is 2. The molecule has 0 bridgehead atoms. The molecule has 138 valence electrons. The number of sulfone groups is 1. The fourth-order valence-electron chi connectivity index (χ4n) is 2.91. The van der Waals surface area contributed by atoms with Gasteiger partial charge in [-0.3, -0.25) is 9.59 Å². The largest absolute Gasteiger partial charge is 0.377 e. The number of ether oxygens (including phenoxy) is 1. The van der Waals surface area contributed by atoms with Crippen molar-refractivity contribution < 1.29 is 22.7 Å². The topological polar surface area (TPSA) is 92.8 Å². The zero-order chi connectivity index (χ0) is 18.6. The molecule has 1 aliphatic rings. The van der Waals surface area contributed by atoms with Crippen LogP contribution in [0.15, 0.2) is 29.2 Å². The number of amides is 2. The van der Waals surface area contributed by atoms with Gasteiger partial charge in [0.05, 0.1) is 35.9 Å². The fraction of sp³-hybridized carbons (Fsp3) is 0.529. The highest BCUT2D eigenvalue weighted by atomic mass is 32.2. The van der Waals surface area contributed by atoms with Crippen molar-refractivity contribution in [1.29, 1.82) is 0 Å². The van der Waals surface area contributed by atoms with E-state index in [0.717, 1.165) is 0 Å². The molecule has 25 heavy (non-hydrogen) atoms. The lowest BCUT2D eigenvalue weighted by Gasteiger charge is -2.38. The van der Waals surface area contributed by atoms with Crippen LogP contribution in [0.4, 0.5) is 5.69 Å². The highest BCUT2D eigenvalue weighted by Crippen LogP contribution is 2.18. The Morgan fingerprint density at radius 2 is 1.72 bits per heavy atom. The molecular formula is C17H24N2O5S. The first-order valence-electron chi connectivity index (χ1n) is 8.20. The predicted molar refractivity (Wildman–Crippen MR) is 94.0 cm³/mol. The van der Waals surface area contributed by atoms with Gasteiger partial charge in [-0.25, -0.2) is 8.42 Å². The maximum Gasteiger partial charge on any atom is 0.224 e. The summed E-state index contributed by atoms with van der Waals surface area (Å²) in [5.74, 6) is -0.654. The predicted octanol–water partition coefficient (Wildman–Crippen LogP) is 1.44. The molecule has 2 unspecified atom stereocenters. The molecule has 0 saturated carbocycles. The van der Waals surface area contributed by atoms with Gasteiger partial charge >= 0.3 is 0 Å². The summed E-state index contributed by atoms with van der Waals surface area (Å²) in [6.07, 6.45) is -0.0650. The van der Waals surface area contributed by atoms with E-state index < -0.39 is 9.84 Å². The molecule has 1 N–H and O–H groups in total. The average Bonchev–Trinajstić information content (AvgIpc) is 2.53. The van der Waals surface area contributed by atoms with Crippen molar-refractivity contribution in [2.75, 3.05) is 24.3 Å². The van der Waals surface area contributed by atoms with Crippen molar-refractivity contribution in [1.82, 2.24) is 4.90 Å². The van der Waals surface area contributed by atoms with Gasteiger partial charge in [-0.05, 0) is 38.1 Å². The third-order valence-corrected chi connectivity index (χ3v) is 5.81. The van der Waals surface area contributed by atoms with Crippen LogP contribution < -0.4 is 5.32 Å². The average molecular weight is 368 g/mol. The molecule has 2 amide bonds. The molecule has 1 fully saturated rings. The van der Waals surface area contributed by atoms with E-state index in [4.69, 9.17) is 4.74 Å². The minimum atomic E-state index is -3.57. The van der Waals surface area contributed by atoms with Crippen LogP contribution in [-0.2, 0) is 24.2 Å². The lowest BCUT2D eigenvalue weighted by Crippen LogP contribution is -2.52. The summed E-state index contributed by atoms with van der Waals surface area (Å²) in [5.41, 5.74) is 0.526. The Labute approximate surface area is 148 Å². The van der Waals surface area contributed by atoms with Gasteiger partial charge in [-0.15, -0.1) is 0 Å². The maximum atomic E-state index is 12.4. The van der Waals surface area contributed by atoms with Crippen molar-refractivity contribution in [3.8, 4) is 0 Å². The van der Waals surface area contributed by atoms with Crippen molar-refractivity contribution in [3.05, 3.63) is 24.3 Å². The van der Waals surface area contributed by atoms with E-state index >= 15 is 0 Å². The van der Waals surface area contributed by atoms with Gasteiger partial charge < -0.3 is 15.0 Å². The Morgan fingerprint density at radius 1 is 1.16 bits per heavy atom. The van der Waals surface area contributed by atoms with Crippen LogP contribution >= 0.6 is 0 Å². The molecule has 1 aromatic carbocycles. The molecule has 2 atom stereocenters. The molecule has 1 heterocycles. The van der Waals surface area contributed by atoms with E-state index in [0.29, 0.717) is 18.9 Å². The summed E-state index contributed by atoms with van der Waals surface area (Å²) in [6, 6.07) is 5.81. The van der Waals surface area contributed by atoms with Crippen molar-refractivity contribution >= 4 is 27.3 Å². The quantitative estimate of drug-likeness (QED) is 0.849. The maximum absolute atomic E-state index is 12.4. The van der Waals surface area contributed by atoms with Gasteiger partial charge in [0.15, 0.2) is 9.84 Å². The number of morpholine rings is 1. The minimum Gasteiger partial charge on any atom is -0.377 e. The molecule has 2 rings (SSSR count). The molecule has 1 aromatic rings. The lowest BCUT2D eigenvalue weighted by molar-refractivity contribution is -0.143. The molecule has 0 radical (unpaired) electrons. The van der Waals surface area contributed by atoms with Gasteiger partial charge in [0.25, 0.3) is 0 Å². The number of anilines is 1. The first kappa shape index (κ1) is 19.4. The summed E-state index contributed by atoms with van der Waals surface area (Å²) >= 11 is 0. The molecule has 0 aromatic heterocycles. The van der Waals surface area contributed by atoms with E-state index in [1.54, 1.807) is 4.90 Å². The zero-order valence-electron chi connectivity index (χ0n) is 14.7. The van der Waals surface area contributed by atoms with E-state index in [9.17, 15) is 18.0 Å².